The van der Waals surface area contributed by atoms with Crippen LogP contribution in [-0.4, -0.2) is 65.9 Å². The first-order valence-corrected chi connectivity index (χ1v) is 13.5. The van der Waals surface area contributed by atoms with E-state index in [-0.39, 0.29) is 72.6 Å². The number of carbonyl (C=O) groups excluding carboxylic acids is 3. The molecule has 243 valence electrons. The largest absolute Gasteiger partial charge is 2.00 e. The Hall–Kier alpha value is -5.29. The van der Waals surface area contributed by atoms with Crippen molar-refractivity contribution in [2.24, 2.45) is 5.92 Å². The van der Waals surface area contributed by atoms with E-state index in [9.17, 15) is 28.8 Å². The Bertz CT molecular complexity index is 1640. The van der Waals surface area contributed by atoms with Gasteiger partial charge in [-0.05, 0) is 49.4 Å². The van der Waals surface area contributed by atoms with Gasteiger partial charge in [-0.15, -0.1) is 0 Å². The number of aromatic nitrogens is 4. The molecule has 0 aliphatic heterocycles. The summed E-state index contributed by atoms with van der Waals surface area (Å²) in [5, 5.41) is 23.2. The van der Waals surface area contributed by atoms with Crippen molar-refractivity contribution in [3.8, 4) is 0 Å². The molecule has 1 aromatic carbocycles. The Labute approximate surface area is 274 Å². The fraction of sp³-hybridized carbons (Fsp3) is 0.321. The number of carboxylic acids is 2. The van der Waals surface area contributed by atoms with E-state index in [1.807, 2.05) is 13.8 Å². The van der Waals surface area contributed by atoms with Gasteiger partial charge >= 0.3 is 30.5 Å². The third-order valence-corrected chi connectivity index (χ3v) is 5.83. The van der Waals surface area contributed by atoms with Crippen LogP contribution in [0.2, 0.25) is 0 Å². The second kappa shape index (κ2) is 18.5. The predicted octanol–water partition coefficient (Wildman–Crippen LogP) is 2.46. The molecule has 1 radical (unpaired) electrons. The number of aliphatic carboxylic acids is 2. The SMILES string of the molecule is CC(C)C/C=C(/CC([NH-])=O)C(=O)O.[NH-]C(=O)CC[C@H](NC(=O)c1ccc(NCc2cnc3nc(N)[nH]c(=O)c3n2)cc1)C(=O)O.[V+2]. The number of H-pyrrole nitrogens is 1. The molecule has 2 aromatic heterocycles. The molecule has 17 nitrogen and oxygen atoms in total. The molecule has 0 bridgehead atoms. The molecule has 0 spiro atoms. The number of carboxylic acid groups (broad SMARTS) is 2. The average molecular weight is 675 g/mol. The number of nitrogens with zero attached hydrogens (tertiary/aromatic N) is 3. The first-order chi connectivity index (χ1) is 21.2. The molecular formula is C28H33N9O8V. The summed E-state index contributed by atoms with van der Waals surface area (Å²) in [5.41, 5.74) is 20.0. The molecule has 46 heavy (non-hydrogen) atoms. The number of rotatable bonds is 14. The summed E-state index contributed by atoms with van der Waals surface area (Å²) in [7, 11) is 0. The second-order valence-corrected chi connectivity index (χ2v) is 10.0. The van der Waals surface area contributed by atoms with E-state index >= 15 is 0 Å². The summed E-state index contributed by atoms with van der Waals surface area (Å²) >= 11 is 0. The van der Waals surface area contributed by atoms with E-state index in [4.69, 9.17) is 27.4 Å². The van der Waals surface area contributed by atoms with Gasteiger partial charge in [-0.2, -0.15) is 4.98 Å². The molecule has 9 N–H and O–H groups in total. The van der Waals surface area contributed by atoms with Crippen LogP contribution in [0.4, 0.5) is 11.6 Å². The van der Waals surface area contributed by atoms with Crippen LogP contribution in [0.25, 0.3) is 22.6 Å². The average Bonchev–Trinajstić information content (AvgIpc) is 2.96. The Morgan fingerprint density at radius 2 is 1.70 bits per heavy atom. The Morgan fingerprint density at radius 1 is 1.04 bits per heavy atom. The van der Waals surface area contributed by atoms with Crippen LogP contribution in [0.3, 0.4) is 0 Å². The van der Waals surface area contributed by atoms with E-state index in [2.05, 4.69) is 30.6 Å². The monoisotopic (exact) mass is 674 g/mol. The maximum absolute atomic E-state index is 12.3. The molecule has 0 saturated carbocycles. The number of carbonyl (C=O) groups is 5. The van der Waals surface area contributed by atoms with Gasteiger partial charge < -0.3 is 47.6 Å². The van der Waals surface area contributed by atoms with Crippen molar-refractivity contribution >= 4 is 52.5 Å². The zero-order valence-electron chi connectivity index (χ0n) is 24.9. The summed E-state index contributed by atoms with van der Waals surface area (Å²) in [6, 6.07) is 4.95. The van der Waals surface area contributed by atoms with Gasteiger partial charge in [0.15, 0.2) is 11.2 Å². The fourth-order valence-electron chi connectivity index (χ4n) is 3.55. The van der Waals surface area contributed by atoms with E-state index in [1.54, 1.807) is 12.1 Å². The number of nitrogen functional groups attached to an aromatic ring is 1. The Balaban J connectivity index is 0.000000642. The second-order valence-electron chi connectivity index (χ2n) is 10.0. The number of hydrogen-bond donors (Lipinski definition) is 6. The topological polar surface area (TPSA) is 295 Å². The summed E-state index contributed by atoms with van der Waals surface area (Å²) in [6.45, 7) is 4.15. The van der Waals surface area contributed by atoms with E-state index in [1.165, 1.54) is 24.4 Å². The molecule has 2 heterocycles. The first-order valence-electron chi connectivity index (χ1n) is 13.5. The van der Waals surface area contributed by atoms with Gasteiger partial charge in [-0.3, -0.25) is 14.6 Å². The molecule has 0 unspecified atom stereocenters. The zero-order chi connectivity index (χ0) is 33.7. The van der Waals surface area contributed by atoms with Crippen molar-refractivity contribution in [1.29, 1.82) is 0 Å². The Kier molecular flexibility index (Phi) is 15.6. The van der Waals surface area contributed by atoms with Gasteiger partial charge in [0.2, 0.25) is 5.95 Å². The number of nitrogens with one attached hydrogen (secondary N) is 5. The van der Waals surface area contributed by atoms with E-state index in [0.29, 0.717) is 23.7 Å². The van der Waals surface area contributed by atoms with Crippen LogP contribution in [0.5, 0.6) is 0 Å². The smallest absolute Gasteiger partial charge is 0.668 e. The van der Waals surface area contributed by atoms with Crippen molar-refractivity contribution in [2.75, 3.05) is 11.1 Å². The van der Waals surface area contributed by atoms with Crippen molar-refractivity contribution in [3.05, 3.63) is 75.2 Å². The van der Waals surface area contributed by atoms with Crippen LogP contribution in [0.1, 0.15) is 55.6 Å². The van der Waals surface area contributed by atoms with Crippen LogP contribution >= 0.6 is 0 Å². The molecule has 18 heteroatoms. The normalized spacial score (nSPS) is 11.4. The molecule has 0 aliphatic rings. The molecule has 0 fully saturated rings. The first kappa shape index (κ1) is 38.7. The minimum absolute atomic E-state index is 0. The number of anilines is 2. The van der Waals surface area contributed by atoms with Crippen LogP contribution in [-0.2, 0) is 44.3 Å². The van der Waals surface area contributed by atoms with Crippen LogP contribution < -0.4 is 21.9 Å². The molecule has 3 amide bonds. The summed E-state index contributed by atoms with van der Waals surface area (Å²) in [4.78, 5) is 81.6. The molecule has 3 rings (SSSR count). The molecule has 0 aliphatic carbocycles. The number of allylic oxidation sites excluding steroid dienone is 1. The van der Waals surface area contributed by atoms with Gasteiger partial charge in [0.1, 0.15) is 6.04 Å². The van der Waals surface area contributed by atoms with Gasteiger partial charge in [0, 0.05) is 29.2 Å². The minimum Gasteiger partial charge on any atom is -0.668 e. The number of hydrogen-bond acceptors (Lipinski definition) is 11. The number of fused-ring (bicyclic) bond motifs is 1. The van der Waals surface area contributed by atoms with Gasteiger partial charge in [-0.1, -0.05) is 19.9 Å². The third kappa shape index (κ3) is 13.1. The van der Waals surface area contributed by atoms with Gasteiger partial charge in [0.05, 0.1) is 24.3 Å². The number of nitrogens with two attached hydrogens (primary N) is 1. The predicted molar refractivity (Wildman–Crippen MR) is 163 cm³/mol. The van der Waals surface area contributed by atoms with Gasteiger partial charge in [-0.25, -0.2) is 19.6 Å². The van der Waals surface area contributed by atoms with Crippen LogP contribution in [0.15, 0.2) is 46.9 Å². The van der Waals surface area contributed by atoms with Crippen molar-refractivity contribution in [2.45, 2.75) is 52.1 Å². The number of benzene rings is 1. The number of aromatic amines is 1. The molecule has 1 atom stereocenters. The molecular weight excluding hydrogens is 641 g/mol. The number of amides is 3. The van der Waals surface area contributed by atoms with E-state index < -0.39 is 41.3 Å². The summed E-state index contributed by atoms with van der Waals surface area (Å²) < 4.78 is 0. The third-order valence-electron chi connectivity index (χ3n) is 5.83. The maximum atomic E-state index is 12.3. The fourth-order valence-corrected chi connectivity index (χ4v) is 3.55. The maximum Gasteiger partial charge on any atom is 2.00 e. The molecule has 3 aromatic rings. The van der Waals surface area contributed by atoms with E-state index in [0.717, 1.165) is 0 Å². The Morgan fingerprint density at radius 3 is 2.24 bits per heavy atom. The van der Waals surface area contributed by atoms with Crippen molar-refractivity contribution in [1.82, 2.24) is 25.3 Å². The van der Waals surface area contributed by atoms with Crippen molar-refractivity contribution in [3.63, 3.8) is 0 Å². The van der Waals surface area contributed by atoms with Crippen LogP contribution in [0, 0.1) is 5.92 Å². The van der Waals surface area contributed by atoms with Crippen molar-refractivity contribution < 1.29 is 52.7 Å². The molecule has 0 saturated heterocycles. The van der Waals surface area contributed by atoms with Gasteiger partial charge in [0.25, 0.3) is 11.5 Å². The summed E-state index contributed by atoms with van der Waals surface area (Å²) in [5.74, 6) is -4.47. The standard InChI is InChI=1S/C19H20N8O5.C9H15NO3.V/c20-13(28)6-5-12(18(31)32)25-16(29)9-1-3-10(4-2-9)22-7-11-8-23-15-14(24-11)17(30)27-19(21)26-15;1-6(2)3-4-7(9(12)13)5-8(10)11;/h1-4,8,12H,5-7H2,(H8,20,21,22,23,25,26,27,28,29,30,31,32);4,6H,3,5H2,1-2H3,(H3,10,11,12,13);/q;;+2/p-2/b;7-4-;/t12-;;/m0../s1. The summed E-state index contributed by atoms with van der Waals surface area (Å²) in [6.07, 6.45) is 2.85. The quantitative estimate of drug-likeness (QED) is 0.134. The zero-order valence-corrected chi connectivity index (χ0v) is 26.3. The minimum atomic E-state index is -1.29.